The first kappa shape index (κ1) is 29.4. The lowest BCUT2D eigenvalue weighted by molar-refractivity contribution is 0.661. The third-order valence-corrected chi connectivity index (χ3v) is 13.4. The molecule has 0 fully saturated rings. The average molecular weight is 692 g/mol. The van der Waals surface area contributed by atoms with Crippen LogP contribution in [0.15, 0.2) is 164 Å². The molecule has 2 aromatic heterocycles. The van der Waals surface area contributed by atoms with Gasteiger partial charge in [0.15, 0.2) is 0 Å². The number of fused-ring (bicyclic) bond motifs is 15. The third kappa shape index (κ3) is 3.91. The van der Waals surface area contributed by atoms with Gasteiger partial charge >= 0.3 is 0 Å². The summed E-state index contributed by atoms with van der Waals surface area (Å²) < 4.78 is 5.08. The zero-order valence-corrected chi connectivity index (χ0v) is 30.3. The second kappa shape index (κ2) is 10.4. The zero-order chi connectivity index (χ0) is 35.0. The van der Waals surface area contributed by atoms with Crippen molar-refractivity contribution in [2.75, 3.05) is 0 Å². The molecule has 1 nitrogen and oxygen atoms in total. The topological polar surface area (TPSA) is 4.93 Å². The normalized spacial score (nSPS) is 13.6. The van der Waals surface area contributed by atoms with E-state index in [1.165, 1.54) is 113 Å². The van der Waals surface area contributed by atoms with Crippen molar-refractivity contribution in [2.45, 2.75) is 19.3 Å². The Morgan fingerprint density at radius 2 is 0.981 bits per heavy atom. The van der Waals surface area contributed by atoms with E-state index in [1.807, 2.05) is 11.3 Å². The Balaban J connectivity index is 1.10. The number of hydrogen-bond donors (Lipinski definition) is 0. The molecule has 12 rings (SSSR count). The SMILES string of the molecule is CC1(C)c2ccccc2-c2cc3c4ccccc4c4cc5c(cc4c3cc21)sc1c(-c2cccc(-n3c4ccccc4c4ccccc43)c2)cccc15. The van der Waals surface area contributed by atoms with Gasteiger partial charge in [-0.15, -0.1) is 11.3 Å². The number of rotatable bonds is 2. The van der Waals surface area contributed by atoms with Crippen molar-refractivity contribution >= 4 is 85.6 Å². The summed E-state index contributed by atoms with van der Waals surface area (Å²) in [6.45, 7) is 4.77. The van der Waals surface area contributed by atoms with Crippen LogP contribution in [0.1, 0.15) is 25.0 Å². The molecule has 1 aliphatic carbocycles. The Kier molecular flexibility index (Phi) is 5.78. The maximum absolute atomic E-state index is 2.52. The maximum atomic E-state index is 2.52. The Hall–Kier alpha value is -6.22. The Labute approximate surface area is 311 Å². The van der Waals surface area contributed by atoms with Crippen LogP contribution in [0, 0.1) is 0 Å². The highest BCUT2D eigenvalue weighted by Gasteiger charge is 2.35. The Morgan fingerprint density at radius 1 is 0.396 bits per heavy atom. The minimum Gasteiger partial charge on any atom is -0.309 e. The van der Waals surface area contributed by atoms with Crippen molar-refractivity contribution in [3.63, 3.8) is 0 Å². The summed E-state index contributed by atoms with van der Waals surface area (Å²) in [6.07, 6.45) is 0. The van der Waals surface area contributed by atoms with Crippen LogP contribution in [-0.4, -0.2) is 4.57 Å². The Bertz CT molecular complexity index is 3320. The number of nitrogens with zero attached hydrogens (tertiary/aromatic N) is 1. The predicted molar refractivity (Wildman–Crippen MR) is 229 cm³/mol. The summed E-state index contributed by atoms with van der Waals surface area (Å²) in [5, 5.41) is 13.2. The summed E-state index contributed by atoms with van der Waals surface area (Å²) in [4.78, 5) is 0. The van der Waals surface area contributed by atoms with E-state index in [0.29, 0.717) is 0 Å². The molecule has 0 amide bonds. The van der Waals surface area contributed by atoms with Crippen molar-refractivity contribution in [3.8, 4) is 27.9 Å². The summed E-state index contributed by atoms with van der Waals surface area (Å²) in [6, 6.07) is 61.4. The minimum absolute atomic E-state index is 0.0531. The summed E-state index contributed by atoms with van der Waals surface area (Å²) in [5.41, 5.74) is 11.7. The van der Waals surface area contributed by atoms with Gasteiger partial charge < -0.3 is 4.57 Å². The molecule has 0 saturated carbocycles. The van der Waals surface area contributed by atoms with Crippen LogP contribution in [0.5, 0.6) is 0 Å². The molecule has 11 aromatic rings. The van der Waals surface area contributed by atoms with Crippen molar-refractivity contribution in [1.82, 2.24) is 4.57 Å². The molecule has 2 heteroatoms. The van der Waals surface area contributed by atoms with Crippen LogP contribution in [-0.2, 0) is 5.41 Å². The minimum atomic E-state index is -0.0531. The monoisotopic (exact) mass is 691 g/mol. The fraction of sp³-hybridized carbons (Fsp3) is 0.0588. The van der Waals surface area contributed by atoms with Crippen LogP contribution in [0.25, 0.3) is 102 Å². The quantitative estimate of drug-likeness (QED) is 0.159. The molecule has 53 heavy (non-hydrogen) atoms. The first-order valence-electron chi connectivity index (χ1n) is 18.5. The highest BCUT2D eigenvalue weighted by Crippen LogP contribution is 2.52. The molecule has 0 radical (unpaired) electrons. The van der Waals surface area contributed by atoms with Crippen LogP contribution in [0.4, 0.5) is 0 Å². The average Bonchev–Trinajstić information content (AvgIpc) is 3.82. The number of hydrogen-bond acceptors (Lipinski definition) is 1. The number of thiophene rings is 1. The first-order valence-corrected chi connectivity index (χ1v) is 19.3. The molecule has 0 aliphatic heterocycles. The van der Waals surface area contributed by atoms with Gasteiger partial charge in [-0.25, -0.2) is 0 Å². The standard InChI is InChI=1S/C51H33NS/c1-51(2)45-22-8-5-17-35(45)43-26-39-33-15-3-4-16-34(33)40-27-44-38-21-12-20-32(50(38)53-49(44)29-42(40)41(39)28-46(43)51)30-13-11-14-31(25-30)52-47-23-9-6-18-36(47)37-19-7-10-24-48(37)52/h3-29H,1-2H3. The third-order valence-electron chi connectivity index (χ3n) is 12.2. The van der Waals surface area contributed by atoms with Crippen molar-refractivity contribution in [1.29, 1.82) is 0 Å². The first-order chi connectivity index (χ1) is 26.0. The number of para-hydroxylation sites is 2. The Morgan fingerprint density at radius 3 is 1.75 bits per heavy atom. The fourth-order valence-corrected chi connectivity index (χ4v) is 10.9. The smallest absolute Gasteiger partial charge is 0.0541 e. The molecule has 0 unspecified atom stereocenters. The molecule has 0 spiro atoms. The van der Waals surface area contributed by atoms with Gasteiger partial charge in [-0.3, -0.25) is 0 Å². The van der Waals surface area contributed by atoms with Gasteiger partial charge in [0.1, 0.15) is 0 Å². The lowest BCUT2D eigenvalue weighted by Crippen LogP contribution is -2.14. The maximum Gasteiger partial charge on any atom is 0.0541 e. The molecule has 9 aromatic carbocycles. The highest BCUT2D eigenvalue weighted by molar-refractivity contribution is 7.26. The lowest BCUT2D eigenvalue weighted by Gasteiger charge is -2.22. The van der Waals surface area contributed by atoms with Gasteiger partial charge in [-0.2, -0.15) is 0 Å². The van der Waals surface area contributed by atoms with Crippen molar-refractivity contribution in [2.24, 2.45) is 0 Å². The molecular formula is C51H33NS. The van der Waals surface area contributed by atoms with Crippen LogP contribution in [0.3, 0.4) is 0 Å². The molecule has 248 valence electrons. The fourth-order valence-electron chi connectivity index (χ4n) is 9.68. The second-order valence-corrected chi connectivity index (χ2v) is 16.3. The van der Waals surface area contributed by atoms with Crippen molar-refractivity contribution < 1.29 is 0 Å². The van der Waals surface area contributed by atoms with E-state index in [-0.39, 0.29) is 5.41 Å². The van der Waals surface area contributed by atoms with Gasteiger partial charge in [-0.1, -0.05) is 129 Å². The van der Waals surface area contributed by atoms with Crippen LogP contribution < -0.4 is 0 Å². The lowest BCUT2D eigenvalue weighted by atomic mass is 9.81. The summed E-state index contributed by atoms with van der Waals surface area (Å²) >= 11 is 1.93. The van der Waals surface area contributed by atoms with Gasteiger partial charge in [0.2, 0.25) is 0 Å². The number of aromatic nitrogens is 1. The highest BCUT2D eigenvalue weighted by atomic mass is 32.1. The van der Waals surface area contributed by atoms with E-state index in [2.05, 4.69) is 182 Å². The summed E-state index contributed by atoms with van der Waals surface area (Å²) in [7, 11) is 0. The predicted octanol–water partition coefficient (Wildman–Crippen LogP) is 14.6. The molecule has 0 N–H and O–H groups in total. The van der Waals surface area contributed by atoms with E-state index >= 15 is 0 Å². The van der Waals surface area contributed by atoms with E-state index in [1.54, 1.807) is 0 Å². The molecular weight excluding hydrogens is 659 g/mol. The molecule has 0 bridgehead atoms. The van der Waals surface area contributed by atoms with Crippen molar-refractivity contribution in [3.05, 3.63) is 175 Å². The number of benzene rings is 9. The molecule has 0 saturated heterocycles. The van der Waals surface area contributed by atoms with E-state index < -0.39 is 0 Å². The molecule has 0 atom stereocenters. The van der Waals surface area contributed by atoms with Gasteiger partial charge in [0.25, 0.3) is 0 Å². The van der Waals surface area contributed by atoms with E-state index in [9.17, 15) is 0 Å². The van der Waals surface area contributed by atoms with Gasteiger partial charge in [-0.05, 0) is 114 Å². The van der Waals surface area contributed by atoms with Crippen LogP contribution in [0.2, 0.25) is 0 Å². The molecule has 2 heterocycles. The summed E-state index contributed by atoms with van der Waals surface area (Å²) in [5.74, 6) is 0. The van der Waals surface area contributed by atoms with Crippen LogP contribution >= 0.6 is 11.3 Å². The second-order valence-electron chi connectivity index (χ2n) is 15.3. The van der Waals surface area contributed by atoms with Gasteiger partial charge in [0, 0.05) is 42.0 Å². The van der Waals surface area contributed by atoms with Gasteiger partial charge in [0.05, 0.1) is 11.0 Å². The van der Waals surface area contributed by atoms with E-state index in [4.69, 9.17) is 0 Å². The molecule has 1 aliphatic rings. The largest absolute Gasteiger partial charge is 0.309 e. The zero-order valence-electron chi connectivity index (χ0n) is 29.4. The van der Waals surface area contributed by atoms with E-state index in [0.717, 1.165) is 0 Å².